The first-order valence-corrected chi connectivity index (χ1v) is 12.4. The van der Waals surface area contributed by atoms with E-state index >= 15 is 0 Å². The minimum absolute atomic E-state index is 0.0756. The Labute approximate surface area is 199 Å². The molecule has 33 heavy (non-hydrogen) atoms. The Bertz CT molecular complexity index is 1030. The van der Waals surface area contributed by atoms with Crippen LogP contribution in [-0.4, -0.2) is 95.9 Å². The molecule has 0 saturated carbocycles. The molecular weight excluding hydrogens is 468 g/mol. The van der Waals surface area contributed by atoms with Crippen LogP contribution in [0.4, 0.5) is 5.13 Å². The van der Waals surface area contributed by atoms with Crippen LogP contribution in [0.25, 0.3) is 0 Å². The number of fused-ring (bicyclic) bond motifs is 1. The number of oxime groups is 1. The lowest BCUT2D eigenvalue weighted by atomic mass is 10.0. The van der Waals surface area contributed by atoms with Crippen LogP contribution < -0.4 is 11.1 Å². The van der Waals surface area contributed by atoms with E-state index in [1.54, 1.807) is 5.38 Å². The van der Waals surface area contributed by atoms with E-state index in [0.29, 0.717) is 18.0 Å². The van der Waals surface area contributed by atoms with Gasteiger partial charge in [-0.05, 0) is 0 Å². The van der Waals surface area contributed by atoms with E-state index in [4.69, 9.17) is 15.3 Å². The van der Waals surface area contributed by atoms with Crippen molar-refractivity contribution in [3.05, 3.63) is 22.3 Å². The molecular formula is C20H27N6O5S2+. The van der Waals surface area contributed by atoms with E-state index in [1.807, 2.05) is 0 Å². The predicted octanol–water partition coefficient (Wildman–Crippen LogP) is 0.143. The summed E-state index contributed by atoms with van der Waals surface area (Å²) in [6.07, 6.45) is 2.31. The number of rotatable bonds is 7. The molecule has 2 fully saturated rings. The largest absolute Gasteiger partial charge is 0.464 e. The molecule has 2 amide bonds. The lowest BCUT2D eigenvalue weighted by Gasteiger charge is -2.50. The van der Waals surface area contributed by atoms with Gasteiger partial charge in [-0.1, -0.05) is 5.16 Å². The Morgan fingerprint density at radius 1 is 1.36 bits per heavy atom. The minimum Gasteiger partial charge on any atom is -0.464 e. The molecule has 0 radical (unpaired) electrons. The van der Waals surface area contributed by atoms with Gasteiger partial charge in [0.15, 0.2) is 10.8 Å². The number of quaternary nitrogens is 1. The first-order chi connectivity index (χ1) is 15.8. The standard InChI is InChI=1S/C20H26N6O5S2/c1-26(6-4-5-7-26)8-11-9-32-18-14(17(28)25(18)15(11)19(29)30-2)23-16(27)13(24-31-3)12-10-33-20(21)22-12/h10,14,18H,4-9H2,1-3H3,(H2-,21,22,23,27)/p+1/b24-13-. The van der Waals surface area contributed by atoms with Crippen molar-refractivity contribution in [1.82, 2.24) is 15.2 Å². The van der Waals surface area contributed by atoms with Crippen molar-refractivity contribution in [1.29, 1.82) is 0 Å². The number of nitrogens with one attached hydrogen (secondary N) is 1. The van der Waals surface area contributed by atoms with Crippen LogP contribution in [0.3, 0.4) is 0 Å². The normalized spacial score (nSPS) is 24.3. The topological polar surface area (TPSA) is 136 Å². The number of ether oxygens (including phenoxy) is 1. The van der Waals surface area contributed by atoms with E-state index < -0.39 is 23.3 Å². The Kier molecular flexibility index (Phi) is 6.64. The molecule has 0 aliphatic carbocycles. The average Bonchev–Trinajstić information content (AvgIpc) is 3.42. The number of thiazole rings is 1. The number of nitrogen functional groups attached to an aromatic ring is 1. The van der Waals surface area contributed by atoms with Gasteiger partial charge in [-0.3, -0.25) is 14.5 Å². The Morgan fingerprint density at radius 3 is 2.70 bits per heavy atom. The van der Waals surface area contributed by atoms with Gasteiger partial charge in [-0.15, -0.1) is 23.1 Å². The van der Waals surface area contributed by atoms with Gasteiger partial charge in [0.05, 0.1) is 27.2 Å². The summed E-state index contributed by atoms with van der Waals surface area (Å²) in [5.74, 6) is -0.915. The maximum atomic E-state index is 13.1. The average molecular weight is 496 g/mol. The number of carbonyl (C=O) groups excluding carboxylic acids is 3. The summed E-state index contributed by atoms with van der Waals surface area (Å²) < 4.78 is 5.86. The number of β-lactam (4-membered cyclic amide) rings is 1. The van der Waals surface area contributed by atoms with E-state index in [9.17, 15) is 14.4 Å². The molecule has 3 aliphatic rings. The molecule has 11 nitrogen and oxygen atoms in total. The van der Waals surface area contributed by atoms with Gasteiger partial charge in [0, 0.05) is 29.5 Å². The number of nitrogens with two attached hydrogens (primary N) is 1. The molecule has 1 aromatic rings. The first kappa shape index (κ1) is 23.5. The van der Waals surface area contributed by atoms with Crippen molar-refractivity contribution in [3.8, 4) is 0 Å². The molecule has 4 rings (SSSR count). The van der Waals surface area contributed by atoms with Crippen LogP contribution in [0.2, 0.25) is 0 Å². The summed E-state index contributed by atoms with van der Waals surface area (Å²) in [6.45, 7) is 2.78. The minimum atomic E-state index is -0.807. The highest BCUT2D eigenvalue weighted by atomic mass is 32.2. The van der Waals surface area contributed by atoms with E-state index in [0.717, 1.165) is 47.3 Å². The maximum absolute atomic E-state index is 13.1. The van der Waals surface area contributed by atoms with Crippen molar-refractivity contribution >= 4 is 51.7 Å². The summed E-state index contributed by atoms with van der Waals surface area (Å²) in [7, 11) is 4.80. The molecule has 178 valence electrons. The number of amides is 2. The van der Waals surface area contributed by atoms with Crippen LogP contribution >= 0.6 is 23.1 Å². The van der Waals surface area contributed by atoms with Gasteiger partial charge < -0.3 is 25.1 Å². The quantitative estimate of drug-likeness (QED) is 0.179. The number of likely N-dealkylation sites (tertiary alicyclic amines) is 1. The van der Waals surface area contributed by atoms with Gasteiger partial charge >= 0.3 is 5.97 Å². The van der Waals surface area contributed by atoms with E-state index in [2.05, 4.69) is 22.5 Å². The predicted molar refractivity (Wildman–Crippen MR) is 124 cm³/mol. The number of methoxy groups -OCH3 is 1. The fourth-order valence-electron chi connectivity index (χ4n) is 4.51. The van der Waals surface area contributed by atoms with Gasteiger partial charge in [-0.2, -0.15) is 0 Å². The number of esters is 1. The molecule has 3 N–H and O–H groups in total. The van der Waals surface area contributed by atoms with E-state index in [-0.39, 0.29) is 22.4 Å². The second kappa shape index (κ2) is 9.31. The van der Waals surface area contributed by atoms with Crippen LogP contribution in [0.5, 0.6) is 0 Å². The van der Waals surface area contributed by atoms with Crippen molar-refractivity contribution in [2.45, 2.75) is 24.3 Å². The zero-order chi connectivity index (χ0) is 23.8. The second-order valence-corrected chi connectivity index (χ2v) is 10.4. The molecule has 0 spiro atoms. The smallest absolute Gasteiger partial charge is 0.355 e. The summed E-state index contributed by atoms with van der Waals surface area (Å²) in [5, 5.41) is 7.93. The Balaban J connectivity index is 1.54. The highest BCUT2D eigenvalue weighted by Crippen LogP contribution is 2.41. The second-order valence-electron chi connectivity index (χ2n) is 8.43. The van der Waals surface area contributed by atoms with Crippen molar-refractivity contribution in [2.75, 3.05) is 52.4 Å². The monoisotopic (exact) mass is 495 g/mol. The lowest BCUT2D eigenvalue weighted by Crippen LogP contribution is -2.71. The molecule has 1 aromatic heterocycles. The molecule has 0 bridgehead atoms. The highest BCUT2D eigenvalue weighted by molar-refractivity contribution is 8.00. The zero-order valence-electron chi connectivity index (χ0n) is 18.7. The fraction of sp³-hybridized carbons (Fsp3) is 0.550. The highest BCUT2D eigenvalue weighted by Gasteiger charge is 2.55. The number of thioether (sulfide) groups is 1. The van der Waals surface area contributed by atoms with Gasteiger partial charge in [0.25, 0.3) is 11.8 Å². The number of hydrogen-bond acceptors (Lipinski definition) is 10. The number of hydrogen-bond donors (Lipinski definition) is 2. The number of carbonyl (C=O) groups is 3. The summed E-state index contributed by atoms with van der Waals surface area (Å²) in [5.41, 5.74) is 7.06. The molecule has 3 aliphatic heterocycles. The Morgan fingerprint density at radius 2 is 2.09 bits per heavy atom. The van der Waals surface area contributed by atoms with Crippen LogP contribution in [0.15, 0.2) is 21.8 Å². The van der Waals surface area contributed by atoms with Crippen LogP contribution in [0.1, 0.15) is 18.5 Å². The van der Waals surface area contributed by atoms with E-state index in [1.165, 1.54) is 30.9 Å². The number of anilines is 1. The van der Waals surface area contributed by atoms with Crippen LogP contribution in [-0.2, 0) is 24.0 Å². The molecule has 2 unspecified atom stereocenters. The summed E-state index contributed by atoms with van der Waals surface area (Å²) in [4.78, 5) is 49.0. The van der Waals surface area contributed by atoms with Crippen molar-refractivity contribution in [3.63, 3.8) is 0 Å². The molecule has 2 atom stereocenters. The van der Waals surface area contributed by atoms with Crippen molar-refractivity contribution < 1.29 is 28.4 Å². The van der Waals surface area contributed by atoms with Gasteiger partial charge in [0.1, 0.15) is 36.5 Å². The maximum Gasteiger partial charge on any atom is 0.355 e. The third-order valence-electron chi connectivity index (χ3n) is 6.09. The SMILES string of the molecule is CO/N=C(\C(=O)NC1C(=O)N2C(C(=O)OC)=C(C[N+]3(C)CCCC3)CSC12)c1csc(N)n1. The summed E-state index contributed by atoms with van der Waals surface area (Å²) >= 11 is 2.69. The summed E-state index contributed by atoms with van der Waals surface area (Å²) in [6, 6.07) is -0.807. The third kappa shape index (κ3) is 4.44. The third-order valence-corrected chi connectivity index (χ3v) is 8.11. The van der Waals surface area contributed by atoms with Crippen molar-refractivity contribution in [2.24, 2.45) is 5.16 Å². The molecule has 4 heterocycles. The van der Waals surface area contributed by atoms with Gasteiger partial charge in [-0.25, -0.2) is 9.78 Å². The zero-order valence-corrected chi connectivity index (χ0v) is 20.3. The number of nitrogens with zero attached hydrogens (tertiary/aromatic N) is 4. The number of aromatic nitrogens is 1. The van der Waals surface area contributed by atoms with Crippen LogP contribution in [0, 0.1) is 0 Å². The number of likely N-dealkylation sites (N-methyl/N-ethyl adjacent to an activating group) is 1. The Hall–Kier alpha value is -2.64. The molecule has 13 heteroatoms. The first-order valence-electron chi connectivity index (χ1n) is 10.5. The lowest BCUT2D eigenvalue weighted by molar-refractivity contribution is -0.893. The molecule has 2 saturated heterocycles. The van der Waals surface area contributed by atoms with Gasteiger partial charge in [0.2, 0.25) is 0 Å². The fourth-order valence-corrected chi connectivity index (χ4v) is 6.39. The molecule has 0 aromatic carbocycles.